The van der Waals surface area contributed by atoms with E-state index in [-0.39, 0.29) is 41.4 Å². The second kappa shape index (κ2) is 29.0. The van der Waals surface area contributed by atoms with Crippen molar-refractivity contribution in [2.75, 3.05) is 6.54 Å². The van der Waals surface area contributed by atoms with Crippen LogP contribution in [0.25, 0.3) is 0 Å². The zero-order valence-corrected chi connectivity index (χ0v) is 26.0. The summed E-state index contributed by atoms with van der Waals surface area (Å²) in [7, 11) is 0. The molecule has 0 saturated carbocycles. The van der Waals surface area contributed by atoms with Gasteiger partial charge in [0.05, 0.1) is 0 Å². The third-order valence-corrected chi connectivity index (χ3v) is 6.57. The molecule has 0 heterocycles. The van der Waals surface area contributed by atoms with E-state index in [9.17, 15) is 19.8 Å². The summed E-state index contributed by atoms with van der Waals surface area (Å²) in [5.74, 6) is -1.21. The van der Waals surface area contributed by atoms with E-state index in [2.05, 4.69) is 24.2 Å². The van der Waals surface area contributed by atoms with Gasteiger partial charge in [0.1, 0.15) is 6.04 Å². The molecule has 0 aliphatic rings. The molecule has 0 aromatic carbocycles. The Bertz CT molecular complexity index is 543. The van der Waals surface area contributed by atoms with Gasteiger partial charge < -0.3 is 20.5 Å². The topological polar surface area (TPSA) is 102 Å². The summed E-state index contributed by atoms with van der Waals surface area (Å²) in [6.07, 6.45) is 22.9. The van der Waals surface area contributed by atoms with Crippen molar-refractivity contribution >= 4 is 17.8 Å². The normalized spacial score (nSPS) is 12.2. The van der Waals surface area contributed by atoms with E-state index in [0.29, 0.717) is 38.6 Å². The van der Waals surface area contributed by atoms with Gasteiger partial charge in [0.2, 0.25) is 5.91 Å². The van der Waals surface area contributed by atoms with Gasteiger partial charge >= 0.3 is 35.5 Å². The standard InChI is InChI=1S/C29H56N2O4.Na/c1-3-5-7-9-11-13-15-16-18-23-27(32)30-25-21-20-22-26(29(34)35)31-28(33)24-19-17-14-12-10-8-6-4-2;/h26H,3-25H2,1-2H3,(H,30,32)(H,31,33)(H,34,35);/q;+1/p-1/t26-;/m0./s1. The average molecular weight is 519 g/mol. The largest absolute Gasteiger partial charge is 1.00 e. The number of rotatable bonds is 26. The number of nitrogens with one attached hydrogen (secondary N) is 1. The smallest absolute Gasteiger partial charge is 0.862 e. The van der Waals surface area contributed by atoms with Crippen LogP contribution >= 0.6 is 0 Å². The third kappa shape index (κ3) is 26.5. The van der Waals surface area contributed by atoms with Gasteiger partial charge in [-0.1, -0.05) is 110 Å². The van der Waals surface area contributed by atoms with Crippen molar-refractivity contribution in [2.45, 2.75) is 161 Å². The van der Waals surface area contributed by atoms with Gasteiger partial charge in [-0.15, -0.1) is 0 Å². The molecule has 0 bridgehead atoms. The van der Waals surface area contributed by atoms with Crippen LogP contribution in [-0.4, -0.2) is 35.5 Å². The average Bonchev–Trinajstić information content (AvgIpc) is 2.83. The van der Waals surface area contributed by atoms with E-state index in [1.807, 2.05) is 0 Å². The summed E-state index contributed by atoms with van der Waals surface area (Å²) in [5, 5.41) is 24.0. The Labute approximate surface area is 244 Å². The first-order chi connectivity index (χ1) is 17.0. The van der Waals surface area contributed by atoms with Gasteiger partial charge in [0.15, 0.2) is 0 Å². The van der Waals surface area contributed by atoms with Crippen molar-refractivity contribution < 1.29 is 49.4 Å². The Balaban J connectivity index is 0. The number of aliphatic carboxylic acids is 1. The first-order valence-corrected chi connectivity index (χ1v) is 14.7. The van der Waals surface area contributed by atoms with Gasteiger partial charge in [-0.2, -0.15) is 0 Å². The molecule has 0 radical (unpaired) electrons. The summed E-state index contributed by atoms with van der Waals surface area (Å²) in [5.41, 5.74) is 0. The van der Waals surface area contributed by atoms with Crippen molar-refractivity contribution in [3.8, 4) is 0 Å². The molecule has 1 amide bonds. The van der Waals surface area contributed by atoms with Crippen LogP contribution in [0.4, 0.5) is 0 Å². The molecular formula is C29H55N2NaO4. The quantitative estimate of drug-likeness (QED) is 0.0784. The first-order valence-electron chi connectivity index (χ1n) is 14.7. The summed E-state index contributed by atoms with van der Waals surface area (Å²) >= 11 is 0. The number of nitrogens with zero attached hydrogens (tertiary/aromatic N) is 1. The van der Waals surface area contributed by atoms with Gasteiger partial charge in [0.25, 0.3) is 0 Å². The second-order valence-corrected chi connectivity index (χ2v) is 10.0. The molecule has 206 valence electrons. The first kappa shape index (κ1) is 37.6. The zero-order valence-electron chi connectivity index (χ0n) is 24.0. The number of amides is 1. The number of hydrogen-bond acceptors (Lipinski definition) is 4. The molecular weight excluding hydrogens is 463 g/mol. The van der Waals surface area contributed by atoms with Crippen LogP contribution in [0.1, 0.15) is 155 Å². The summed E-state index contributed by atoms with van der Waals surface area (Å²) in [4.78, 5) is 27.7. The predicted octanol–water partition coefficient (Wildman–Crippen LogP) is 3.94. The Hall–Kier alpha value is -0.590. The molecule has 0 aromatic rings. The van der Waals surface area contributed by atoms with E-state index in [4.69, 9.17) is 0 Å². The molecule has 2 N–H and O–H groups in total. The maximum absolute atomic E-state index is 12.1. The fraction of sp³-hybridized carbons (Fsp3) is 0.897. The van der Waals surface area contributed by atoms with E-state index >= 15 is 0 Å². The van der Waals surface area contributed by atoms with Crippen LogP contribution < -0.4 is 40.0 Å². The van der Waals surface area contributed by atoms with Crippen LogP contribution in [0.3, 0.4) is 0 Å². The number of carbonyl (C=O) groups excluding carboxylic acids is 1. The molecule has 0 aliphatic carbocycles. The summed E-state index contributed by atoms with van der Waals surface area (Å²) < 4.78 is 0. The summed E-state index contributed by atoms with van der Waals surface area (Å²) in [6, 6.07) is -0.853. The fourth-order valence-corrected chi connectivity index (χ4v) is 4.27. The minimum atomic E-state index is -0.993. The number of aliphatic imine (C=N–C) groups is 1. The number of carboxylic acids is 1. The van der Waals surface area contributed by atoms with Crippen molar-refractivity contribution in [1.29, 1.82) is 0 Å². The van der Waals surface area contributed by atoms with Crippen molar-refractivity contribution in [1.82, 2.24) is 5.32 Å². The maximum atomic E-state index is 12.1. The SMILES string of the molecule is CCCCCCCCCCCC([O-])=NCCCC[C@H](NC(=O)CCCCCCCCCC)C(=O)O.[Na+]. The fourth-order valence-electron chi connectivity index (χ4n) is 4.27. The predicted molar refractivity (Wildman–Crippen MR) is 145 cm³/mol. The van der Waals surface area contributed by atoms with Crippen LogP contribution in [0.2, 0.25) is 0 Å². The zero-order chi connectivity index (χ0) is 26.0. The maximum Gasteiger partial charge on any atom is 1.00 e. The second-order valence-electron chi connectivity index (χ2n) is 10.0. The molecule has 0 saturated heterocycles. The van der Waals surface area contributed by atoms with Crippen LogP contribution in [0.15, 0.2) is 4.99 Å². The molecule has 7 heteroatoms. The van der Waals surface area contributed by atoms with E-state index < -0.39 is 12.0 Å². The Morgan fingerprint density at radius 2 is 1.14 bits per heavy atom. The molecule has 0 rings (SSSR count). The number of hydrogen-bond donors (Lipinski definition) is 2. The number of unbranched alkanes of at least 4 members (excludes halogenated alkanes) is 16. The number of carbonyl (C=O) groups is 2. The number of carboxylic acid groups (broad SMARTS) is 1. The van der Waals surface area contributed by atoms with Gasteiger partial charge in [-0.3, -0.25) is 4.79 Å². The Kier molecular flexibility index (Phi) is 30.2. The van der Waals surface area contributed by atoms with Crippen molar-refractivity contribution in [2.24, 2.45) is 4.99 Å². The van der Waals surface area contributed by atoms with Crippen LogP contribution in [0.5, 0.6) is 0 Å². The van der Waals surface area contributed by atoms with Crippen LogP contribution in [0, 0.1) is 0 Å². The van der Waals surface area contributed by atoms with E-state index in [1.165, 1.54) is 77.0 Å². The minimum Gasteiger partial charge on any atom is -0.862 e. The van der Waals surface area contributed by atoms with Gasteiger partial charge in [0, 0.05) is 13.0 Å². The molecule has 0 aliphatic heterocycles. The molecule has 0 spiro atoms. The monoisotopic (exact) mass is 518 g/mol. The van der Waals surface area contributed by atoms with Crippen molar-refractivity contribution in [3.05, 3.63) is 0 Å². The molecule has 0 fully saturated rings. The third-order valence-electron chi connectivity index (χ3n) is 6.57. The van der Waals surface area contributed by atoms with Crippen LogP contribution in [-0.2, 0) is 9.59 Å². The summed E-state index contributed by atoms with van der Waals surface area (Å²) in [6.45, 7) is 4.88. The van der Waals surface area contributed by atoms with E-state index in [0.717, 1.165) is 32.1 Å². The molecule has 1 atom stereocenters. The molecule has 0 aromatic heterocycles. The minimum absolute atomic E-state index is 0. The Morgan fingerprint density at radius 3 is 1.61 bits per heavy atom. The molecule has 36 heavy (non-hydrogen) atoms. The molecule has 0 unspecified atom stereocenters. The Morgan fingerprint density at radius 1 is 0.694 bits per heavy atom. The van der Waals surface area contributed by atoms with Crippen molar-refractivity contribution in [3.63, 3.8) is 0 Å². The van der Waals surface area contributed by atoms with E-state index in [1.54, 1.807) is 0 Å². The van der Waals surface area contributed by atoms with Gasteiger partial charge in [-0.25, -0.2) is 4.79 Å². The van der Waals surface area contributed by atoms with Gasteiger partial charge in [-0.05, 0) is 44.4 Å². The molecule has 6 nitrogen and oxygen atoms in total.